The Morgan fingerprint density at radius 3 is 2.71 bits per heavy atom. The fourth-order valence-corrected chi connectivity index (χ4v) is 6.10. The van der Waals surface area contributed by atoms with Crippen LogP contribution in [0.25, 0.3) is 0 Å². The summed E-state index contributed by atoms with van der Waals surface area (Å²) >= 11 is 6.25. The molecule has 35 heavy (non-hydrogen) atoms. The minimum atomic E-state index is -0.883. The van der Waals surface area contributed by atoms with Gasteiger partial charge in [-0.3, -0.25) is 4.79 Å². The first-order valence-electron chi connectivity index (χ1n) is 12.4. The summed E-state index contributed by atoms with van der Waals surface area (Å²) < 4.78 is 6.23. The summed E-state index contributed by atoms with van der Waals surface area (Å²) in [5, 5.41) is 13.6. The van der Waals surface area contributed by atoms with Crippen molar-refractivity contribution in [2.75, 3.05) is 26.2 Å². The number of halogens is 1. The van der Waals surface area contributed by atoms with Crippen LogP contribution in [-0.4, -0.2) is 59.1 Å². The fourth-order valence-electron chi connectivity index (χ4n) is 5.90. The molecule has 8 heteroatoms. The van der Waals surface area contributed by atoms with Crippen molar-refractivity contribution in [3.8, 4) is 0 Å². The molecule has 0 radical (unpaired) electrons. The van der Waals surface area contributed by atoms with Gasteiger partial charge in [-0.1, -0.05) is 48.0 Å². The molecule has 0 bridgehead atoms. The number of hydrogen-bond donors (Lipinski definition) is 2. The first-order chi connectivity index (χ1) is 16.9. The van der Waals surface area contributed by atoms with Gasteiger partial charge in [-0.25, -0.2) is 4.79 Å². The van der Waals surface area contributed by atoms with E-state index < -0.39 is 6.09 Å². The van der Waals surface area contributed by atoms with E-state index in [-0.39, 0.29) is 30.1 Å². The number of benzene rings is 2. The number of nitrogens with one attached hydrogen (secondary N) is 1. The lowest BCUT2D eigenvalue weighted by Gasteiger charge is -2.39. The Hall–Kier alpha value is -2.61. The van der Waals surface area contributed by atoms with Gasteiger partial charge in [0.2, 0.25) is 5.91 Å². The zero-order valence-electron chi connectivity index (χ0n) is 19.8. The van der Waals surface area contributed by atoms with Crippen molar-refractivity contribution >= 4 is 23.6 Å². The molecule has 0 aromatic heterocycles. The van der Waals surface area contributed by atoms with Crippen LogP contribution in [0.15, 0.2) is 48.5 Å². The molecular formula is C27H32ClN3O4. The number of carbonyl (C=O) groups is 2. The molecule has 2 amide bonds. The van der Waals surface area contributed by atoms with E-state index in [0.29, 0.717) is 37.7 Å². The summed E-state index contributed by atoms with van der Waals surface area (Å²) in [5.74, 6) is 0.0553. The third-order valence-electron chi connectivity index (χ3n) is 7.82. The largest absolute Gasteiger partial charge is 0.465 e. The predicted molar refractivity (Wildman–Crippen MR) is 133 cm³/mol. The number of rotatable bonds is 6. The third kappa shape index (κ3) is 5.03. The second-order valence-electron chi connectivity index (χ2n) is 9.82. The van der Waals surface area contributed by atoms with Crippen LogP contribution in [0.3, 0.4) is 0 Å². The van der Waals surface area contributed by atoms with Gasteiger partial charge in [0.15, 0.2) is 0 Å². The van der Waals surface area contributed by atoms with Crippen molar-refractivity contribution in [3.05, 3.63) is 70.2 Å². The second-order valence-corrected chi connectivity index (χ2v) is 10.3. The Kier molecular flexibility index (Phi) is 7.00. The molecule has 2 aromatic carbocycles. The predicted octanol–water partition coefficient (Wildman–Crippen LogP) is 4.55. The number of ether oxygens (including phenoxy) is 1. The molecule has 3 aliphatic heterocycles. The number of nitrogens with zero attached hydrogens (tertiary/aromatic N) is 2. The summed E-state index contributed by atoms with van der Waals surface area (Å²) in [6, 6.07) is 15.7. The number of carboxylic acid groups (broad SMARTS) is 1. The maximum atomic E-state index is 13.2. The van der Waals surface area contributed by atoms with Crippen LogP contribution in [0, 0.1) is 0 Å². The highest BCUT2D eigenvalue weighted by molar-refractivity contribution is 6.30. The van der Waals surface area contributed by atoms with Gasteiger partial charge in [-0.2, -0.15) is 0 Å². The number of carbonyl (C=O) groups excluding carboxylic acids is 1. The molecule has 3 heterocycles. The Morgan fingerprint density at radius 2 is 1.94 bits per heavy atom. The quantitative estimate of drug-likeness (QED) is 0.611. The summed E-state index contributed by atoms with van der Waals surface area (Å²) in [6.45, 7) is 2.71. The minimum Gasteiger partial charge on any atom is -0.465 e. The van der Waals surface area contributed by atoms with Gasteiger partial charge in [0.05, 0.1) is 18.8 Å². The van der Waals surface area contributed by atoms with Crippen LogP contribution in [0.2, 0.25) is 5.02 Å². The molecule has 186 valence electrons. The van der Waals surface area contributed by atoms with Gasteiger partial charge in [0.1, 0.15) is 0 Å². The molecule has 3 aliphatic rings. The molecule has 0 aliphatic carbocycles. The van der Waals surface area contributed by atoms with E-state index in [1.165, 1.54) is 16.0 Å². The standard InChI is InChI=1S/C27H32ClN3O4/c28-21-7-3-6-19(15-21)24(16-22-8-4-12-31(22)26(33)34)29-17-25(32)30-13-10-27(11-14-30)23-9-2-1-5-20(23)18-35-27/h1-3,5-7,9,15,22,24,29H,4,8,10-14,16-18H2,(H,33,34)/t22-,24-/m0/s1. The zero-order chi connectivity index (χ0) is 24.4. The van der Waals surface area contributed by atoms with Crippen molar-refractivity contribution < 1.29 is 19.4 Å². The van der Waals surface area contributed by atoms with Crippen molar-refractivity contribution in [1.29, 1.82) is 0 Å². The molecule has 2 atom stereocenters. The number of amides is 2. The highest BCUT2D eigenvalue weighted by Crippen LogP contribution is 2.44. The molecule has 2 saturated heterocycles. The lowest BCUT2D eigenvalue weighted by atomic mass is 9.84. The lowest BCUT2D eigenvalue weighted by molar-refractivity contribution is -0.137. The van der Waals surface area contributed by atoms with Crippen LogP contribution in [-0.2, 0) is 21.7 Å². The maximum absolute atomic E-state index is 13.2. The lowest BCUT2D eigenvalue weighted by Crippen LogP contribution is -2.48. The molecule has 0 unspecified atom stereocenters. The number of fused-ring (bicyclic) bond motifs is 2. The van der Waals surface area contributed by atoms with E-state index >= 15 is 0 Å². The van der Waals surface area contributed by atoms with Crippen LogP contribution < -0.4 is 5.32 Å². The molecule has 0 saturated carbocycles. The van der Waals surface area contributed by atoms with Crippen molar-refractivity contribution in [1.82, 2.24) is 15.1 Å². The van der Waals surface area contributed by atoms with Gasteiger partial charge in [0.25, 0.3) is 0 Å². The monoisotopic (exact) mass is 497 g/mol. The number of piperidine rings is 1. The van der Waals surface area contributed by atoms with Crippen molar-refractivity contribution in [3.63, 3.8) is 0 Å². The van der Waals surface area contributed by atoms with Crippen LogP contribution in [0.1, 0.15) is 54.8 Å². The smallest absolute Gasteiger partial charge is 0.407 e. The average Bonchev–Trinajstić information content (AvgIpc) is 3.47. The molecule has 2 aromatic rings. The van der Waals surface area contributed by atoms with E-state index in [2.05, 4.69) is 23.5 Å². The SMILES string of the molecule is O=C(CN[C@@H](C[C@@H]1CCCN1C(=O)O)c1cccc(Cl)c1)N1CCC2(CC1)OCc1ccccc12. The molecule has 5 rings (SSSR count). The van der Waals surface area contributed by atoms with Gasteiger partial charge >= 0.3 is 6.09 Å². The molecular weight excluding hydrogens is 466 g/mol. The summed E-state index contributed by atoms with van der Waals surface area (Å²) in [7, 11) is 0. The van der Waals surface area contributed by atoms with Crippen molar-refractivity contribution in [2.45, 2.75) is 56.4 Å². The number of hydrogen-bond acceptors (Lipinski definition) is 4. The molecule has 2 N–H and O–H groups in total. The average molecular weight is 498 g/mol. The molecule has 2 fully saturated rings. The summed E-state index contributed by atoms with van der Waals surface area (Å²) in [5.41, 5.74) is 3.22. The van der Waals surface area contributed by atoms with Crippen LogP contribution >= 0.6 is 11.6 Å². The minimum absolute atomic E-state index is 0.0553. The molecule has 1 spiro atoms. The number of likely N-dealkylation sites (tertiary alicyclic amines) is 2. The maximum Gasteiger partial charge on any atom is 0.407 e. The van der Waals surface area contributed by atoms with E-state index in [1.807, 2.05) is 35.2 Å². The van der Waals surface area contributed by atoms with E-state index in [0.717, 1.165) is 31.2 Å². The highest BCUT2D eigenvalue weighted by atomic mass is 35.5. The van der Waals surface area contributed by atoms with Gasteiger partial charge in [0, 0.05) is 36.7 Å². The topological polar surface area (TPSA) is 82.1 Å². The van der Waals surface area contributed by atoms with Gasteiger partial charge < -0.3 is 25.0 Å². The Labute approximate surface area is 211 Å². The summed E-state index contributed by atoms with van der Waals surface area (Å²) in [6.07, 6.45) is 3.00. The Morgan fingerprint density at radius 1 is 1.14 bits per heavy atom. The third-order valence-corrected chi connectivity index (χ3v) is 8.05. The first-order valence-corrected chi connectivity index (χ1v) is 12.8. The fraction of sp³-hybridized carbons (Fsp3) is 0.481. The summed E-state index contributed by atoms with van der Waals surface area (Å²) in [4.78, 5) is 28.2. The normalized spacial score (nSPS) is 21.8. The van der Waals surface area contributed by atoms with Gasteiger partial charge in [-0.15, -0.1) is 0 Å². The molecule has 7 nitrogen and oxygen atoms in total. The van der Waals surface area contributed by atoms with E-state index in [1.54, 1.807) is 0 Å². The van der Waals surface area contributed by atoms with Gasteiger partial charge in [-0.05, 0) is 60.9 Å². The van der Waals surface area contributed by atoms with E-state index in [4.69, 9.17) is 16.3 Å². The zero-order valence-corrected chi connectivity index (χ0v) is 20.5. The Balaban J connectivity index is 1.22. The first kappa shape index (κ1) is 24.1. The Bertz CT molecular complexity index is 1090. The van der Waals surface area contributed by atoms with Crippen LogP contribution in [0.5, 0.6) is 0 Å². The van der Waals surface area contributed by atoms with Crippen LogP contribution in [0.4, 0.5) is 4.79 Å². The highest BCUT2D eigenvalue weighted by Gasteiger charge is 2.43. The second kappa shape index (κ2) is 10.2. The van der Waals surface area contributed by atoms with Crippen molar-refractivity contribution in [2.24, 2.45) is 0 Å². The van der Waals surface area contributed by atoms with E-state index in [9.17, 15) is 14.7 Å².